The van der Waals surface area contributed by atoms with Crippen molar-refractivity contribution in [2.45, 2.75) is 6.92 Å². The maximum Gasteiger partial charge on any atom is 0.163 e. The predicted molar refractivity (Wildman–Crippen MR) is 97.1 cm³/mol. The van der Waals surface area contributed by atoms with Crippen molar-refractivity contribution in [3.63, 3.8) is 0 Å². The third-order valence-corrected chi connectivity index (χ3v) is 4.62. The van der Waals surface area contributed by atoms with Gasteiger partial charge in [-0.2, -0.15) is 0 Å². The number of aromatic nitrogens is 3. The van der Waals surface area contributed by atoms with Crippen LogP contribution in [0.2, 0.25) is 0 Å². The molecule has 0 saturated carbocycles. The number of likely N-dealkylation sites (N-methyl/N-ethyl adjacent to an activating group) is 1. The number of para-hydroxylation sites is 1. The zero-order valence-corrected chi connectivity index (χ0v) is 15.0. The average molecular weight is 355 g/mol. The molecule has 1 aliphatic heterocycles. The number of halogens is 1. The summed E-state index contributed by atoms with van der Waals surface area (Å²) in [5.41, 5.74) is 1.94. The van der Waals surface area contributed by atoms with Crippen molar-refractivity contribution >= 4 is 16.7 Å². The van der Waals surface area contributed by atoms with Crippen LogP contribution in [0.1, 0.15) is 6.92 Å². The van der Waals surface area contributed by atoms with Crippen LogP contribution in [0.3, 0.4) is 0 Å². The van der Waals surface area contributed by atoms with E-state index < -0.39 is 0 Å². The van der Waals surface area contributed by atoms with Crippen molar-refractivity contribution in [1.82, 2.24) is 19.9 Å². The third kappa shape index (κ3) is 3.57. The highest BCUT2D eigenvalue weighted by Crippen LogP contribution is 2.27. The second-order valence-corrected chi connectivity index (χ2v) is 6.05. The summed E-state index contributed by atoms with van der Waals surface area (Å²) in [6.07, 6.45) is 3.60. The zero-order valence-electron chi connectivity index (χ0n) is 14.3. The first-order valence-electron chi connectivity index (χ1n) is 8.49. The molecule has 1 aromatic carbocycles. The molecule has 130 valence electrons. The van der Waals surface area contributed by atoms with Gasteiger partial charge < -0.3 is 22.2 Å². The smallest absolute Gasteiger partial charge is 0.163 e. The van der Waals surface area contributed by atoms with E-state index in [9.17, 15) is 0 Å². The molecule has 1 fully saturated rings. The van der Waals surface area contributed by atoms with Crippen LogP contribution in [-0.2, 0) is 0 Å². The highest BCUT2D eigenvalue weighted by molar-refractivity contribution is 5.91. The summed E-state index contributed by atoms with van der Waals surface area (Å²) in [6.45, 7) is 7.49. The lowest BCUT2D eigenvalue weighted by molar-refractivity contribution is -0.00000500. The lowest BCUT2D eigenvalue weighted by atomic mass is 10.2. The van der Waals surface area contributed by atoms with Crippen molar-refractivity contribution in [3.05, 3.63) is 48.8 Å². The Morgan fingerprint density at radius 3 is 2.48 bits per heavy atom. The molecule has 3 heterocycles. The second kappa shape index (κ2) is 7.76. The Morgan fingerprint density at radius 1 is 0.960 bits per heavy atom. The molecular formula is C19H21ClN5-. The largest absolute Gasteiger partial charge is 1.00 e. The van der Waals surface area contributed by atoms with E-state index in [0.717, 1.165) is 60.8 Å². The molecule has 0 radical (unpaired) electrons. The molecule has 1 saturated heterocycles. The van der Waals surface area contributed by atoms with Gasteiger partial charge in [0.25, 0.3) is 0 Å². The van der Waals surface area contributed by atoms with Gasteiger partial charge in [0.2, 0.25) is 0 Å². The molecule has 5 nitrogen and oxygen atoms in total. The van der Waals surface area contributed by atoms with Crippen LogP contribution in [0, 0.1) is 0 Å². The van der Waals surface area contributed by atoms with E-state index in [1.165, 1.54) is 0 Å². The first-order chi connectivity index (χ1) is 11.8. The van der Waals surface area contributed by atoms with Gasteiger partial charge in [0.15, 0.2) is 5.82 Å². The Hall–Kier alpha value is -2.24. The van der Waals surface area contributed by atoms with Gasteiger partial charge in [0, 0.05) is 49.5 Å². The van der Waals surface area contributed by atoms with Gasteiger partial charge >= 0.3 is 0 Å². The van der Waals surface area contributed by atoms with E-state index in [2.05, 4.69) is 39.9 Å². The van der Waals surface area contributed by atoms with E-state index >= 15 is 0 Å². The van der Waals surface area contributed by atoms with Crippen LogP contribution in [0.5, 0.6) is 0 Å². The van der Waals surface area contributed by atoms with Gasteiger partial charge in [-0.3, -0.25) is 4.98 Å². The lowest BCUT2D eigenvalue weighted by Gasteiger charge is -2.35. The predicted octanol–water partition coefficient (Wildman–Crippen LogP) is -0.162. The summed E-state index contributed by atoms with van der Waals surface area (Å²) in [4.78, 5) is 18.7. The summed E-state index contributed by atoms with van der Waals surface area (Å²) in [5.74, 6) is 1.78. The molecule has 0 aliphatic carbocycles. The Kier molecular flexibility index (Phi) is 5.46. The van der Waals surface area contributed by atoms with Crippen LogP contribution < -0.4 is 17.3 Å². The maximum absolute atomic E-state index is 4.90. The summed E-state index contributed by atoms with van der Waals surface area (Å²) >= 11 is 0. The molecule has 4 rings (SSSR count). The average Bonchev–Trinajstić information content (AvgIpc) is 2.68. The number of hydrogen-bond donors (Lipinski definition) is 0. The van der Waals surface area contributed by atoms with Crippen molar-refractivity contribution < 1.29 is 12.4 Å². The number of rotatable bonds is 3. The van der Waals surface area contributed by atoms with E-state index in [1.807, 2.05) is 24.4 Å². The number of hydrogen-bond acceptors (Lipinski definition) is 5. The SMILES string of the molecule is CCN1CCN(c2nc(-c3cccnc3)nc3ccccc23)CC1.[Cl-]. The van der Waals surface area contributed by atoms with Crippen LogP contribution >= 0.6 is 0 Å². The third-order valence-electron chi connectivity index (χ3n) is 4.62. The number of pyridine rings is 1. The van der Waals surface area contributed by atoms with Gasteiger partial charge in [0.05, 0.1) is 5.52 Å². The van der Waals surface area contributed by atoms with Crippen LogP contribution in [0.4, 0.5) is 5.82 Å². The molecule has 0 atom stereocenters. The van der Waals surface area contributed by atoms with Gasteiger partial charge in [-0.05, 0) is 30.8 Å². The molecule has 0 spiro atoms. The number of nitrogens with zero attached hydrogens (tertiary/aromatic N) is 5. The Morgan fingerprint density at radius 2 is 1.76 bits per heavy atom. The Bertz CT molecular complexity index is 832. The summed E-state index contributed by atoms with van der Waals surface area (Å²) in [6, 6.07) is 12.2. The highest BCUT2D eigenvalue weighted by Gasteiger charge is 2.20. The summed E-state index contributed by atoms with van der Waals surface area (Å²) in [5, 5.41) is 1.12. The van der Waals surface area contributed by atoms with Crippen molar-refractivity contribution in [3.8, 4) is 11.4 Å². The number of fused-ring (bicyclic) bond motifs is 1. The van der Waals surface area contributed by atoms with Crippen molar-refractivity contribution in [2.75, 3.05) is 37.6 Å². The fraction of sp³-hybridized carbons (Fsp3) is 0.316. The van der Waals surface area contributed by atoms with Crippen LogP contribution in [-0.4, -0.2) is 52.6 Å². The quantitative estimate of drug-likeness (QED) is 0.654. The first kappa shape index (κ1) is 17.6. The number of piperazine rings is 1. The highest BCUT2D eigenvalue weighted by atomic mass is 35.5. The molecule has 0 amide bonds. The lowest BCUT2D eigenvalue weighted by Crippen LogP contribution is -3.00. The normalized spacial score (nSPS) is 15.2. The molecule has 3 aromatic rings. The minimum atomic E-state index is 0. The molecule has 0 unspecified atom stereocenters. The van der Waals surface area contributed by atoms with Gasteiger partial charge in [-0.1, -0.05) is 19.1 Å². The van der Waals surface area contributed by atoms with Crippen LogP contribution in [0.15, 0.2) is 48.8 Å². The number of anilines is 1. The molecular weight excluding hydrogens is 334 g/mol. The van der Waals surface area contributed by atoms with E-state index in [-0.39, 0.29) is 12.4 Å². The maximum atomic E-state index is 4.90. The molecule has 25 heavy (non-hydrogen) atoms. The molecule has 6 heteroatoms. The first-order valence-corrected chi connectivity index (χ1v) is 8.49. The molecule has 0 bridgehead atoms. The Balaban J connectivity index is 0.00000182. The summed E-state index contributed by atoms with van der Waals surface area (Å²) < 4.78 is 0. The topological polar surface area (TPSA) is 45.2 Å². The molecule has 0 N–H and O–H groups in total. The summed E-state index contributed by atoms with van der Waals surface area (Å²) in [7, 11) is 0. The van der Waals surface area contributed by atoms with E-state index in [0.29, 0.717) is 0 Å². The second-order valence-electron chi connectivity index (χ2n) is 6.05. The van der Waals surface area contributed by atoms with Crippen LogP contribution in [0.25, 0.3) is 22.3 Å². The zero-order chi connectivity index (χ0) is 16.4. The van der Waals surface area contributed by atoms with Gasteiger partial charge in [-0.15, -0.1) is 0 Å². The minimum absolute atomic E-state index is 0. The van der Waals surface area contributed by atoms with E-state index in [4.69, 9.17) is 9.97 Å². The fourth-order valence-electron chi connectivity index (χ4n) is 3.20. The van der Waals surface area contributed by atoms with Gasteiger partial charge in [-0.25, -0.2) is 9.97 Å². The monoisotopic (exact) mass is 354 g/mol. The van der Waals surface area contributed by atoms with Gasteiger partial charge in [0.1, 0.15) is 5.82 Å². The van der Waals surface area contributed by atoms with Crippen molar-refractivity contribution in [2.24, 2.45) is 0 Å². The van der Waals surface area contributed by atoms with E-state index in [1.54, 1.807) is 6.20 Å². The fourth-order valence-corrected chi connectivity index (χ4v) is 3.20. The Labute approximate surface area is 154 Å². The molecule has 2 aromatic heterocycles. The number of benzene rings is 1. The standard InChI is InChI=1S/C19H21N5.ClH/c1-2-23-10-12-24(13-11-23)19-16-7-3-4-8-17(16)21-18(22-19)15-6-5-9-20-14-15;/h3-9,14H,2,10-13H2,1H3;1H/p-1. The minimum Gasteiger partial charge on any atom is -1.00 e. The van der Waals surface area contributed by atoms with Crippen molar-refractivity contribution in [1.29, 1.82) is 0 Å². The molecule has 1 aliphatic rings.